The maximum Gasteiger partial charge on any atom is 0.417 e. The molecule has 1 spiro atoms. The van der Waals surface area contributed by atoms with E-state index in [0.717, 1.165) is 0 Å². The highest BCUT2D eigenvalue weighted by Crippen LogP contribution is 2.54. The molecule has 4 aromatic rings. The summed E-state index contributed by atoms with van der Waals surface area (Å²) in [6.07, 6.45) is 6.86. The van der Waals surface area contributed by atoms with Gasteiger partial charge in [-0.15, -0.1) is 9.13 Å². The zero-order chi connectivity index (χ0) is 17.6. The third-order valence-electron chi connectivity index (χ3n) is 6.31. The molecule has 0 saturated heterocycles. The number of benzene rings is 2. The predicted octanol–water partition coefficient (Wildman–Crippen LogP) is 4.03. The van der Waals surface area contributed by atoms with Crippen molar-refractivity contribution in [2.45, 2.75) is 5.66 Å². The molecular weight excluding hydrogens is 328 g/mol. The van der Waals surface area contributed by atoms with Crippen molar-refractivity contribution in [2.24, 2.45) is 0 Å². The molecule has 27 heavy (non-hydrogen) atoms. The first-order valence-corrected chi connectivity index (χ1v) is 9.39. The lowest BCUT2D eigenvalue weighted by Crippen LogP contribution is -2.73. The summed E-state index contributed by atoms with van der Waals surface area (Å²) < 4.78 is 4.92. The van der Waals surface area contributed by atoms with Gasteiger partial charge in [-0.05, 0) is 35.9 Å². The number of rotatable bonds is 0. The smallest absolute Gasteiger partial charge is 0.126 e. The summed E-state index contributed by atoms with van der Waals surface area (Å²) in [7, 11) is 0. The maximum absolute atomic E-state index is 2.47. The maximum atomic E-state index is 2.47. The van der Waals surface area contributed by atoms with Crippen molar-refractivity contribution in [1.82, 2.24) is 0 Å². The van der Waals surface area contributed by atoms with Gasteiger partial charge in [-0.1, -0.05) is 30.3 Å². The molecule has 3 aliphatic rings. The number of allylic oxidation sites excluding steroid dienone is 1. The standard InChI is InChI=1S/C25H16N2/c1-2-10-19-18(9-1)21-16-17-8-7-11-20-23-13-4-6-15-27(23)25(21,24(17)20)26-14-5-3-12-22(19)26/h1-16H/q+2. The molecule has 124 valence electrons. The molecule has 0 radical (unpaired) electrons. The molecule has 0 fully saturated rings. The van der Waals surface area contributed by atoms with Crippen LogP contribution in [0.4, 0.5) is 0 Å². The molecule has 1 atom stereocenters. The van der Waals surface area contributed by atoms with E-state index in [4.69, 9.17) is 0 Å². The monoisotopic (exact) mass is 344 g/mol. The SMILES string of the molecule is C1=C2c3ccccc3-c3cccc[n+]3C23c2c1cccc2-c1cccc[n+]13. The second kappa shape index (κ2) is 4.41. The van der Waals surface area contributed by atoms with E-state index in [2.05, 4.69) is 106 Å². The molecule has 2 aromatic heterocycles. The number of hydrogen-bond acceptors (Lipinski definition) is 0. The number of fused-ring (bicyclic) bond motifs is 6. The minimum atomic E-state index is -0.340. The Labute approximate surface area is 157 Å². The third kappa shape index (κ3) is 1.35. The summed E-state index contributed by atoms with van der Waals surface area (Å²) in [5, 5.41) is 0. The van der Waals surface area contributed by atoms with Crippen LogP contribution in [0.5, 0.6) is 0 Å². The van der Waals surface area contributed by atoms with Crippen LogP contribution < -0.4 is 9.13 Å². The third-order valence-corrected chi connectivity index (χ3v) is 6.31. The minimum Gasteiger partial charge on any atom is -0.126 e. The van der Waals surface area contributed by atoms with E-state index < -0.39 is 0 Å². The molecule has 2 aliphatic heterocycles. The van der Waals surface area contributed by atoms with Crippen molar-refractivity contribution in [3.63, 3.8) is 0 Å². The van der Waals surface area contributed by atoms with Crippen LogP contribution in [0.3, 0.4) is 0 Å². The van der Waals surface area contributed by atoms with Crippen LogP contribution in [0.1, 0.15) is 16.7 Å². The fourth-order valence-corrected chi connectivity index (χ4v) is 5.40. The van der Waals surface area contributed by atoms with Gasteiger partial charge in [-0.3, -0.25) is 0 Å². The Balaban J connectivity index is 1.77. The fraction of sp³-hybridized carbons (Fsp3) is 0.0400. The number of nitrogens with zero attached hydrogens (tertiary/aromatic N) is 2. The average molecular weight is 344 g/mol. The van der Waals surface area contributed by atoms with Crippen molar-refractivity contribution < 1.29 is 9.13 Å². The molecule has 0 amide bonds. The molecule has 1 unspecified atom stereocenters. The first-order valence-electron chi connectivity index (χ1n) is 9.39. The highest BCUT2D eigenvalue weighted by Gasteiger charge is 2.68. The van der Waals surface area contributed by atoms with Crippen LogP contribution in [-0.4, -0.2) is 0 Å². The van der Waals surface area contributed by atoms with Crippen molar-refractivity contribution in [3.05, 3.63) is 108 Å². The van der Waals surface area contributed by atoms with Crippen molar-refractivity contribution in [1.29, 1.82) is 0 Å². The normalized spacial score (nSPS) is 19.5. The van der Waals surface area contributed by atoms with Crippen LogP contribution in [0.25, 0.3) is 34.2 Å². The summed E-state index contributed by atoms with van der Waals surface area (Å²) in [5.74, 6) is 0. The molecule has 7 rings (SSSR count). The Morgan fingerprint density at radius 3 is 1.96 bits per heavy atom. The van der Waals surface area contributed by atoms with Crippen molar-refractivity contribution in [2.75, 3.05) is 0 Å². The van der Waals surface area contributed by atoms with Gasteiger partial charge < -0.3 is 0 Å². The van der Waals surface area contributed by atoms with Gasteiger partial charge in [-0.2, -0.15) is 0 Å². The number of hydrogen-bond donors (Lipinski definition) is 0. The highest BCUT2D eigenvalue weighted by molar-refractivity contribution is 6.00. The van der Waals surface area contributed by atoms with Crippen molar-refractivity contribution >= 4 is 11.6 Å². The summed E-state index contributed by atoms with van der Waals surface area (Å²) in [6.45, 7) is 0. The first-order chi connectivity index (χ1) is 13.4. The Bertz CT molecular complexity index is 1330. The molecular formula is C25H16N2+2. The number of aromatic nitrogens is 2. The van der Waals surface area contributed by atoms with E-state index >= 15 is 0 Å². The van der Waals surface area contributed by atoms with Gasteiger partial charge >= 0.3 is 5.66 Å². The zero-order valence-corrected chi connectivity index (χ0v) is 14.6. The quantitative estimate of drug-likeness (QED) is 0.426. The van der Waals surface area contributed by atoms with E-state index in [1.165, 1.54) is 44.8 Å². The van der Waals surface area contributed by atoms with Gasteiger partial charge in [0.25, 0.3) is 0 Å². The lowest BCUT2D eigenvalue weighted by atomic mass is 9.83. The van der Waals surface area contributed by atoms with E-state index in [1.54, 1.807) is 0 Å². The summed E-state index contributed by atoms with van der Waals surface area (Å²) >= 11 is 0. The van der Waals surface area contributed by atoms with E-state index in [0.29, 0.717) is 0 Å². The topological polar surface area (TPSA) is 7.76 Å². The lowest BCUT2D eigenvalue weighted by molar-refractivity contribution is -0.953. The Morgan fingerprint density at radius 1 is 0.556 bits per heavy atom. The van der Waals surface area contributed by atoms with Gasteiger partial charge in [0.05, 0.1) is 11.1 Å². The van der Waals surface area contributed by atoms with Gasteiger partial charge in [0.15, 0.2) is 12.4 Å². The van der Waals surface area contributed by atoms with E-state index in [-0.39, 0.29) is 5.66 Å². The molecule has 4 heterocycles. The summed E-state index contributed by atoms with van der Waals surface area (Å²) in [6, 6.07) is 28.5. The van der Waals surface area contributed by atoms with Gasteiger partial charge in [-0.25, -0.2) is 0 Å². The molecule has 0 N–H and O–H groups in total. The molecule has 2 aromatic carbocycles. The second-order valence-electron chi connectivity index (χ2n) is 7.46. The summed E-state index contributed by atoms with van der Waals surface area (Å²) in [4.78, 5) is 0. The first kappa shape index (κ1) is 13.7. The number of pyridine rings is 2. The van der Waals surface area contributed by atoms with Crippen LogP contribution in [0, 0.1) is 0 Å². The highest BCUT2D eigenvalue weighted by atomic mass is 15.3. The average Bonchev–Trinajstić information content (AvgIpc) is 3.25. The van der Waals surface area contributed by atoms with Gasteiger partial charge in [0, 0.05) is 29.8 Å². The molecule has 1 aliphatic carbocycles. The van der Waals surface area contributed by atoms with Crippen LogP contribution in [0.2, 0.25) is 0 Å². The predicted molar refractivity (Wildman–Crippen MR) is 104 cm³/mol. The molecule has 0 saturated carbocycles. The molecule has 2 nitrogen and oxygen atoms in total. The van der Waals surface area contributed by atoms with Crippen LogP contribution in [0.15, 0.2) is 91.3 Å². The van der Waals surface area contributed by atoms with Gasteiger partial charge in [0.2, 0.25) is 11.4 Å². The molecule has 0 bridgehead atoms. The Kier molecular flexibility index (Phi) is 2.23. The van der Waals surface area contributed by atoms with Crippen molar-refractivity contribution in [3.8, 4) is 22.5 Å². The Morgan fingerprint density at radius 2 is 1.19 bits per heavy atom. The van der Waals surface area contributed by atoms with E-state index in [1.807, 2.05) is 0 Å². The second-order valence-corrected chi connectivity index (χ2v) is 7.46. The lowest BCUT2D eigenvalue weighted by Gasteiger charge is -2.27. The fourth-order valence-electron chi connectivity index (χ4n) is 5.40. The van der Waals surface area contributed by atoms with Crippen LogP contribution in [-0.2, 0) is 5.66 Å². The Hall–Kier alpha value is -3.52. The van der Waals surface area contributed by atoms with E-state index in [9.17, 15) is 0 Å². The zero-order valence-electron chi connectivity index (χ0n) is 14.6. The summed E-state index contributed by atoms with van der Waals surface area (Å²) in [5.41, 5.74) is 10.2. The largest absolute Gasteiger partial charge is 0.417 e. The van der Waals surface area contributed by atoms with Gasteiger partial charge in [0.1, 0.15) is 11.1 Å². The molecule has 2 heteroatoms. The minimum absolute atomic E-state index is 0.340. The van der Waals surface area contributed by atoms with Crippen LogP contribution >= 0.6 is 0 Å².